The van der Waals surface area contributed by atoms with Gasteiger partial charge in [0.2, 0.25) is 5.95 Å². The summed E-state index contributed by atoms with van der Waals surface area (Å²) in [5.41, 5.74) is 9.76. The zero-order valence-corrected chi connectivity index (χ0v) is 26.7. The summed E-state index contributed by atoms with van der Waals surface area (Å²) >= 11 is 0. The molecule has 3 N–H and O–H groups in total. The van der Waals surface area contributed by atoms with Crippen LogP contribution in [0.15, 0.2) is 59.6 Å². The standard InChI is InChI=1S/C32H42N8O3S/c1-22(2)44(41,42)29-8-6-5-7-25(29)34-31-30-26(35-32(33)36-31)13-16-40(30)27-10-9-24(21-28(27)43-4)38-14-11-23(12-15-38)39-19-17-37(3)18-20-39/h5-10,13,16,21-23H,11-12,14-15,17-20H2,1-4H3,(H3,33,34,35,36). The van der Waals surface area contributed by atoms with Crippen LogP contribution in [0.5, 0.6) is 5.75 Å². The molecule has 2 aromatic carbocycles. The minimum absolute atomic E-state index is 0.0873. The van der Waals surface area contributed by atoms with E-state index in [0.29, 0.717) is 34.3 Å². The number of nitrogens with one attached hydrogen (secondary N) is 1. The highest BCUT2D eigenvalue weighted by Crippen LogP contribution is 2.36. The van der Waals surface area contributed by atoms with Gasteiger partial charge in [0.1, 0.15) is 11.3 Å². The number of likely N-dealkylation sites (N-methyl/N-ethyl adjacent to an activating group) is 1. The molecule has 2 fully saturated rings. The number of methoxy groups -OCH3 is 1. The largest absolute Gasteiger partial charge is 0.494 e. The molecule has 11 nitrogen and oxygen atoms in total. The monoisotopic (exact) mass is 618 g/mol. The second-order valence-corrected chi connectivity index (χ2v) is 14.5. The van der Waals surface area contributed by atoms with Gasteiger partial charge < -0.3 is 30.2 Å². The molecular formula is C32H42N8O3S. The summed E-state index contributed by atoms with van der Waals surface area (Å²) in [5.74, 6) is 1.21. The van der Waals surface area contributed by atoms with Gasteiger partial charge in [0.15, 0.2) is 15.7 Å². The first-order chi connectivity index (χ1) is 21.2. The SMILES string of the molecule is COc1cc(N2CCC(N3CCN(C)CC3)CC2)ccc1-n1ccc2nc(N)nc(Nc3ccccc3S(=O)(=O)C(C)C)c21. The van der Waals surface area contributed by atoms with Crippen molar-refractivity contribution >= 4 is 44.0 Å². The Balaban J connectivity index is 1.30. The number of hydrogen-bond donors (Lipinski definition) is 2. The molecule has 0 unspecified atom stereocenters. The lowest BCUT2D eigenvalue weighted by Crippen LogP contribution is -2.52. The molecule has 4 aromatic rings. The van der Waals surface area contributed by atoms with E-state index in [0.717, 1.165) is 63.5 Å². The van der Waals surface area contributed by atoms with E-state index >= 15 is 0 Å². The zero-order valence-electron chi connectivity index (χ0n) is 25.9. The van der Waals surface area contributed by atoms with Crippen LogP contribution in [0.4, 0.5) is 23.1 Å². The van der Waals surface area contributed by atoms with E-state index in [1.165, 1.54) is 0 Å². The molecule has 0 spiro atoms. The number of sulfone groups is 1. The summed E-state index contributed by atoms with van der Waals surface area (Å²) in [4.78, 5) is 16.7. The fourth-order valence-corrected chi connectivity index (χ4v) is 7.49. The highest BCUT2D eigenvalue weighted by molar-refractivity contribution is 7.92. The number of aromatic nitrogens is 3. The number of piperazine rings is 1. The Morgan fingerprint density at radius 1 is 0.977 bits per heavy atom. The number of rotatable bonds is 8. The summed E-state index contributed by atoms with van der Waals surface area (Å²) < 4.78 is 34.2. The van der Waals surface area contributed by atoms with Gasteiger partial charge in [-0.25, -0.2) is 13.4 Å². The van der Waals surface area contributed by atoms with E-state index in [2.05, 4.69) is 55.2 Å². The van der Waals surface area contributed by atoms with Crippen molar-refractivity contribution in [3.05, 3.63) is 54.7 Å². The predicted molar refractivity (Wildman–Crippen MR) is 176 cm³/mol. The van der Waals surface area contributed by atoms with E-state index in [9.17, 15) is 8.42 Å². The van der Waals surface area contributed by atoms with Crippen LogP contribution in [-0.4, -0.2) is 97.5 Å². The Kier molecular flexibility index (Phi) is 8.40. The summed E-state index contributed by atoms with van der Waals surface area (Å²) in [6.45, 7) is 9.95. The number of para-hydroxylation sites is 1. The number of nitrogen functional groups attached to an aromatic ring is 1. The fourth-order valence-electron chi connectivity index (χ4n) is 6.29. The second-order valence-electron chi connectivity index (χ2n) is 12.0. The molecule has 234 valence electrons. The number of benzene rings is 2. The van der Waals surface area contributed by atoms with E-state index in [1.807, 2.05) is 16.8 Å². The highest BCUT2D eigenvalue weighted by Gasteiger charge is 2.28. The van der Waals surface area contributed by atoms with Crippen LogP contribution in [-0.2, 0) is 9.84 Å². The molecule has 0 amide bonds. The summed E-state index contributed by atoms with van der Waals surface area (Å²) in [7, 11) is 0.325. The molecule has 2 aliphatic rings. The first kappa shape index (κ1) is 30.2. The van der Waals surface area contributed by atoms with Gasteiger partial charge >= 0.3 is 0 Å². The molecule has 0 atom stereocenters. The van der Waals surface area contributed by atoms with Crippen molar-refractivity contribution < 1.29 is 13.2 Å². The summed E-state index contributed by atoms with van der Waals surface area (Å²) in [6, 6.07) is 15.6. The lowest BCUT2D eigenvalue weighted by Gasteiger charge is -2.42. The number of ether oxygens (including phenoxy) is 1. The third-order valence-corrected chi connectivity index (χ3v) is 11.1. The third kappa shape index (κ3) is 5.81. The molecule has 2 aliphatic heterocycles. The molecule has 2 aromatic heterocycles. The smallest absolute Gasteiger partial charge is 0.222 e. The van der Waals surface area contributed by atoms with Gasteiger partial charge in [-0.3, -0.25) is 4.90 Å². The van der Waals surface area contributed by atoms with Crippen LogP contribution in [0, 0.1) is 0 Å². The highest BCUT2D eigenvalue weighted by atomic mass is 32.2. The van der Waals surface area contributed by atoms with Gasteiger partial charge in [-0.1, -0.05) is 12.1 Å². The zero-order chi connectivity index (χ0) is 31.0. The Morgan fingerprint density at radius 3 is 2.41 bits per heavy atom. The molecule has 4 heterocycles. The summed E-state index contributed by atoms with van der Waals surface area (Å²) in [6.07, 6.45) is 4.20. The van der Waals surface area contributed by atoms with E-state index in [-0.39, 0.29) is 10.8 Å². The molecular weight excluding hydrogens is 576 g/mol. The maximum absolute atomic E-state index is 13.1. The van der Waals surface area contributed by atoms with Crippen molar-refractivity contribution in [1.29, 1.82) is 0 Å². The Hall–Kier alpha value is -3.87. The Morgan fingerprint density at radius 2 is 1.70 bits per heavy atom. The fraction of sp³-hybridized carbons (Fsp3) is 0.438. The average molecular weight is 619 g/mol. The number of nitrogens with zero attached hydrogens (tertiary/aromatic N) is 6. The molecule has 0 aliphatic carbocycles. The minimum Gasteiger partial charge on any atom is -0.494 e. The van der Waals surface area contributed by atoms with Gasteiger partial charge in [0, 0.05) is 63.3 Å². The van der Waals surface area contributed by atoms with Crippen molar-refractivity contribution in [3.63, 3.8) is 0 Å². The topological polar surface area (TPSA) is 122 Å². The molecule has 0 saturated carbocycles. The van der Waals surface area contributed by atoms with Gasteiger partial charge in [-0.2, -0.15) is 4.98 Å². The number of fused-ring (bicyclic) bond motifs is 1. The Bertz CT molecular complexity index is 1740. The number of anilines is 4. The van der Waals surface area contributed by atoms with Gasteiger partial charge in [-0.05, 0) is 64.1 Å². The van der Waals surface area contributed by atoms with Crippen molar-refractivity contribution in [3.8, 4) is 11.4 Å². The van der Waals surface area contributed by atoms with Crippen LogP contribution in [0.1, 0.15) is 26.7 Å². The van der Waals surface area contributed by atoms with Crippen LogP contribution in [0.3, 0.4) is 0 Å². The van der Waals surface area contributed by atoms with Crippen LogP contribution >= 0.6 is 0 Å². The maximum atomic E-state index is 13.1. The summed E-state index contributed by atoms with van der Waals surface area (Å²) in [5, 5.41) is 2.68. The van der Waals surface area contributed by atoms with Gasteiger partial charge in [-0.15, -0.1) is 0 Å². The lowest BCUT2D eigenvalue weighted by atomic mass is 10.0. The quantitative estimate of drug-likeness (QED) is 0.298. The average Bonchev–Trinajstić information content (AvgIpc) is 3.45. The van der Waals surface area contributed by atoms with Gasteiger partial charge in [0.25, 0.3) is 0 Å². The van der Waals surface area contributed by atoms with E-state index < -0.39 is 15.1 Å². The van der Waals surface area contributed by atoms with Crippen molar-refractivity contribution in [1.82, 2.24) is 24.3 Å². The molecule has 0 radical (unpaired) electrons. The molecule has 6 rings (SSSR count). The van der Waals surface area contributed by atoms with E-state index in [1.54, 1.807) is 45.2 Å². The van der Waals surface area contributed by atoms with Crippen molar-refractivity contribution in [2.75, 3.05) is 69.4 Å². The molecule has 12 heteroatoms. The first-order valence-corrected chi connectivity index (χ1v) is 16.8. The van der Waals surface area contributed by atoms with Crippen LogP contribution in [0.25, 0.3) is 16.7 Å². The van der Waals surface area contributed by atoms with Crippen LogP contribution < -0.4 is 20.7 Å². The van der Waals surface area contributed by atoms with Crippen molar-refractivity contribution in [2.45, 2.75) is 42.9 Å². The number of hydrogen-bond acceptors (Lipinski definition) is 10. The normalized spacial score (nSPS) is 17.4. The van der Waals surface area contributed by atoms with Crippen molar-refractivity contribution in [2.24, 2.45) is 0 Å². The third-order valence-electron chi connectivity index (χ3n) is 8.92. The van der Waals surface area contributed by atoms with E-state index in [4.69, 9.17) is 10.5 Å². The predicted octanol–water partition coefficient (Wildman–Crippen LogP) is 4.15. The Labute approximate surface area is 259 Å². The molecule has 0 bridgehead atoms. The maximum Gasteiger partial charge on any atom is 0.222 e. The number of piperidine rings is 1. The number of nitrogens with two attached hydrogens (primary N) is 1. The molecule has 2 saturated heterocycles. The van der Waals surface area contributed by atoms with Gasteiger partial charge in [0.05, 0.1) is 34.1 Å². The lowest BCUT2D eigenvalue weighted by molar-refractivity contribution is 0.0982. The first-order valence-electron chi connectivity index (χ1n) is 15.3. The molecule has 44 heavy (non-hydrogen) atoms. The minimum atomic E-state index is -3.55. The second kappa shape index (κ2) is 12.3. The van der Waals surface area contributed by atoms with Crippen LogP contribution in [0.2, 0.25) is 0 Å².